The van der Waals surface area contributed by atoms with Crippen LogP contribution in [0.4, 0.5) is 5.88 Å². The Morgan fingerprint density at radius 2 is 2.05 bits per heavy atom. The van der Waals surface area contributed by atoms with Crippen LogP contribution in [0.25, 0.3) is 11.1 Å². The third kappa shape index (κ3) is 2.45. The van der Waals surface area contributed by atoms with Crippen LogP contribution in [-0.4, -0.2) is 9.91 Å². The molecule has 0 aliphatic carbocycles. The van der Waals surface area contributed by atoms with Gasteiger partial charge >= 0.3 is 5.88 Å². The van der Waals surface area contributed by atoms with Crippen LogP contribution in [0.2, 0.25) is 0 Å². The van der Waals surface area contributed by atoms with E-state index in [1.54, 1.807) is 6.07 Å². The van der Waals surface area contributed by atoms with E-state index in [0.717, 1.165) is 11.1 Å². The number of oxazole rings is 1. The number of thioether (sulfide) groups is 1. The summed E-state index contributed by atoms with van der Waals surface area (Å²) in [6, 6.07) is 10.4. The van der Waals surface area contributed by atoms with Gasteiger partial charge in [-0.05, 0) is 18.2 Å². The van der Waals surface area contributed by atoms with Crippen LogP contribution in [0.15, 0.2) is 50.5 Å². The third-order valence-electron chi connectivity index (χ3n) is 2.44. The second-order valence-electron chi connectivity index (χ2n) is 3.73. The summed E-state index contributed by atoms with van der Waals surface area (Å²) in [6.07, 6.45) is 0. The number of aromatic nitrogens is 1. The molecule has 0 amide bonds. The third-order valence-corrected chi connectivity index (χ3v) is 3.29. The van der Waals surface area contributed by atoms with Gasteiger partial charge in [0.2, 0.25) is 0 Å². The van der Waals surface area contributed by atoms with E-state index in [-0.39, 0.29) is 5.88 Å². The van der Waals surface area contributed by atoms with Gasteiger partial charge in [-0.2, -0.15) is 0 Å². The Morgan fingerprint density at radius 3 is 2.79 bits per heavy atom. The molecule has 3 rings (SSSR count). The molecule has 1 aromatic carbocycles. The fraction of sp³-hybridized carbons (Fsp3) is 0.0833. The van der Waals surface area contributed by atoms with Crippen molar-refractivity contribution in [2.75, 3.05) is 0 Å². The van der Waals surface area contributed by atoms with Gasteiger partial charge in [0.15, 0.2) is 5.58 Å². The Labute approximate surface area is 111 Å². The molecule has 0 unspecified atom stereocenters. The minimum absolute atomic E-state index is 0.256. The molecular formula is C12H8N2O4S. The van der Waals surface area contributed by atoms with Gasteiger partial charge in [-0.3, -0.25) is 10.1 Å². The van der Waals surface area contributed by atoms with E-state index in [1.807, 2.05) is 24.3 Å². The lowest BCUT2D eigenvalue weighted by atomic mass is 10.3. The van der Waals surface area contributed by atoms with Crippen molar-refractivity contribution in [2.45, 2.75) is 11.0 Å². The van der Waals surface area contributed by atoms with Crippen molar-refractivity contribution < 1.29 is 13.8 Å². The van der Waals surface area contributed by atoms with Gasteiger partial charge in [-0.15, -0.1) is 0 Å². The predicted molar refractivity (Wildman–Crippen MR) is 68.9 cm³/mol. The molecule has 0 aliphatic heterocycles. The van der Waals surface area contributed by atoms with Crippen LogP contribution in [0.3, 0.4) is 0 Å². The average Bonchev–Trinajstić information content (AvgIpc) is 3.02. The number of para-hydroxylation sites is 2. The van der Waals surface area contributed by atoms with Crippen molar-refractivity contribution in [3.63, 3.8) is 0 Å². The second-order valence-corrected chi connectivity index (χ2v) is 4.66. The molecule has 6 nitrogen and oxygen atoms in total. The monoisotopic (exact) mass is 276 g/mol. The Kier molecular flexibility index (Phi) is 2.96. The maximum Gasteiger partial charge on any atom is 0.433 e. The molecule has 0 N–H and O–H groups in total. The van der Waals surface area contributed by atoms with E-state index >= 15 is 0 Å². The number of hydrogen-bond donors (Lipinski definition) is 0. The summed E-state index contributed by atoms with van der Waals surface area (Å²) in [5.74, 6) is 0.688. The fourth-order valence-electron chi connectivity index (χ4n) is 1.59. The summed E-state index contributed by atoms with van der Waals surface area (Å²) >= 11 is 1.33. The minimum atomic E-state index is -0.562. The van der Waals surface area contributed by atoms with E-state index in [0.29, 0.717) is 16.7 Å². The first-order chi connectivity index (χ1) is 9.22. The highest BCUT2D eigenvalue weighted by molar-refractivity contribution is 7.98. The van der Waals surface area contributed by atoms with Crippen molar-refractivity contribution in [1.29, 1.82) is 0 Å². The number of hydrogen-bond acceptors (Lipinski definition) is 6. The molecule has 7 heteroatoms. The molecule has 0 bridgehead atoms. The standard InChI is InChI=1S/C12H8N2O4S/c15-14(16)11-6-5-8(17-11)7-19-12-13-9-3-1-2-4-10(9)18-12/h1-6H,7H2. The topological polar surface area (TPSA) is 82.3 Å². The van der Waals surface area contributed by atoms with Crippen molar-refractivity contribution in [3.8, 4) is 0 Å². The average molecular weight is 276 g/mol. The highest BCUT2D eigenvalue weighted by Gasteiger charge is 2.13. The molecule has 0 atom stereocenters. The molecule has 2 heterocycles. The summed E-state index contributed by atoms with van der Waals surface area (Å²) in [6.45, 7) is 0. The number of benzene rings is 1. The number of rotatable bonds is 4. The van der Waals surface area contributed by atoms with E-state index in [2.05, 4.69) is 4.98 Å². The van der Waals surface area contributed by atoms with E-state index < -0.39 is 4.92 Å². The SMILES string of the molecule is O=[N+]([O-])c1ccc(CSc2nc3ccccc3o2)o1. The Balaban J connectivity index is 1.72. The number of nitrogens with zero attached hydrogens (tertiary/aromatic N) is 2. The molecule has 0 radical (unpaired) electrons. The lowest BCUT2D eigenvalue weighted by Gasteiger charge is -1.91. The number of furan rings is 1. The van der Waals surface area contributed by atoms with Gasteiger partial charge in [0.25, 0.3) is 5.22 Å². The van der Waals surface area contributed by atoms with E-state index in [9.17, 15) is 10.1 Å². The van der Waals surface area contributed by atoms with E-state index in [1.165, 1.54) is 17.8 Å². The van der Waals surface area contributed by atoms with Crippen LogP contribution < -0.4 is 0 Å². The molecule has 3 aromatic rings. The molecule has 0 spiro atoms. The van der Waals surface area contributed by atoms with Gasteiger partial charge in [0.1, 0.15) is 16.2 Å². The van der Waals surface area contributed by atoms with Crippen molar-refractivity contribution >= 4 is 28.7 Å². The van der Waals surface area contributed by atoms with Gasteiger partial charge in [0.05, 0.1) is 11.8 Å². The Bertz CT molecular complexity index is 701. The maximum atomic E-state index is 10.5. The van der Waals surface area contributed by atoms with E-state index in [4.69, 9.17) is 8.83 Å². The lowest BCUT2D eigenvalue weighted by molar-refractivity contribution is -0.402. The summed E-state index contributed by atoms with van der Waals surface area (Å²) in [5, 5.41) is 11.0. The molecule has 96 valence electrons. The molecule has 2 aromatic heterocycles. The molecule has 0 fully saturated rings. The lowest BCUT2D eigenvalue weighted by Crippen LogP contribution is -1.83. The zero-order valence-electron chi connectivity index (χ0n) is 9.61. The second kappa shape index (κ2) is 4.77. The molecule has 19 heavy (non-hydrogen) atoms. The summed E-state index contributed by atoms with van der Waals surface area (Å²) in [4.78, 5) is 14.2. The van der Waals surface area contributed by atoms with Crippen LogP contribution in [0, 0.1) is 10.1 Å². The van der Waals surface area contributed by atoms with Gasteiger partial charge in [-0.25, -0.2) is 4.98 Å². The first kappa shape index (κ1) is 11.8. The first-order valence-electron chi connectivity index (χ1n) is 5.44. The highest BCUT2D eigenvalue weighted by Crippen LogP contribution is 2.27. The van der Waals surface area contributed by atoms with Crippen LogP contribution in [-0.2, 0) is 5.75 Å². The van der Waals surface area contributed by atoms with Gasteiger partial charge < -0.3 is 8.83 Å². The number of fused-ring (bicyclic) bond motifs is 1. The van der Waals surface area contributed by atoms with Crippen LogP contribution in [0.1, 0.15) is 5.76 Å². The van der Waals surface area contributed by atoms with Gasteiger partial charge in [-0.1, -0.05) is 23.9 Å². The Morgan fingerprint density at radius 1 is 1.21 bits per heavy atom. The highest BCUT2D eigenvalue weighted by atomic mass is 32.2. The summed E-state index contributed by atoms with van der Waals surface area (Å²) < 4.78 is 10.6. The van der Waals surface area contributed by atoms with Crippen molar-refractivity contribution in [3.05, 3.63) is 52.3 Å². The smallest absolute Gasteiger partial charge is 0.431 e. The van der Waals surface area contributed by atoms with Crippen LogP contribution in [0.5, 0.6) is 0 Å². The Hall–Kier alpha value is -2.28. The van der Waals surface area contributed by atoms with Crippen molar-refractivity contribution in [1.82, 2.24) is 4.98 Å². The molecule has 0 saturated heterocycles. The normalized spacial score (nSPS) is 10.9. The molecular weight excluding hydrogens is 268 g/mol. The molecule has 0 aliphatic rings. The number of nitro groups is 1. The van der Waals surface area contributed by atoms with Crippen molar-refractivity contribution in [2.24, 2.45) is 0 Å². The molecule has 0 saturated carbocycles. The maximum absolute atomic E-state index is 10.5. The zero-order chi connectivity index (χ0) is 13.2. The zero-order valence-corrected chi connectivity index (χ0v) is 10.4. The quantitative estimate of drug-likeness (QED) is 0.411. The fourth-order valence-corrected chi connectivity index (χ4v) is 2.32. The largest absolute Gasteiger partial charge is 0.433 e. The predicted octanol–water partition coefficient (Wildman–Crippen LogP) is 3.62. The van der Waals surface area contributed by atoms with Crippen LogP contribution >= 0.6 is 11.8 Å². The summed E-state index contributed by atoms with van der Waals surface area (Å²) in [5.41, 5.74) is 1.51. The van der Waals surface area contributed by atoms with Gasteiger partial charge in [0, 0.05) is 0 Å². The first-order valence-corrected chi connectivity index (χ1v) is 6.42. The minimum Gasteiger partial charge on any atom is -0.431 e. The summed E-state index contributed by atoms with van der Waals surface area (Å²) in [7, 11) is 0.